The van der Waals surface area contributed by atoms with E-state index in [4.69, 9.17) is 9.26 Å². The summed E-state index contributed by atoms with van der Waals surface area (Å²) in [6.45, 7) is 4.65. The van der Waals surface area contributed by atoms with Crippen LogP contribution in [0.3, 0.4) is 0 Å². The lowest BCUT2D eigenvalue weighted by Gasteiger charge is -2.16. The van der Waals surface area contributed by atoms with Crippen LogP contribution >= 0.6 is 0 Å². The standard InChI is InChI=1S/C21H19F3N4O5/c1-4-16(19(30)25-17-9-12(3)33-27-17)32-20(31)18-15(29)8-11(2)28(26-18)14-7-5-6-13(10-14)21(22,23)24/h5-10,16H,4H2,1-3H3,(H,25,27,30). The number of hydrogen-bond donors (Lipinski definition) is 1. The number of nitrogens with zero attached hydrogens (tertiary/aromatic N) is 3. The van der Waals surface area contributed by atoms with Crippen LogP contribution in [0.5, 0.6) is 0 Å². The molecule has 2 aromatic heterocycles. The molecule has 0 aliphatic heterocycles. The van der Waals surface area contributed by atoms with Crippen molar-refractivity contribution in [1.29, 1.82) is 0 Å². The maximum Gasteiger partial charge on any atom is 0.416 e. The summed E-state index contributed by atoms with van der Waals surface area (Å²) in [5, 5.41) is 9.93. The molecule has 1 aromatic carbocycles. The Morgan fingerprint density at radius 1 is 1.21 bits per heavy atom. The van der Waals surface area contributed by atoms with E-state index in [0.717, 1.165) is 22.9 Å². The van der Waals surface area contributed by atoms with Crippen LogP contribution in [0.25, 0.3) is 5.69 Å². The second kappa shape index (κ2) is 9.27. The summed E-state index contributed by atoms with van der Waals surface area (Å²) in [6.07, 6.45) is -5.80. The molecular weight excluding hydrogens is 445 g/mol. The van der Waals surface area contributed by atoms with E-state index in [1.165, 1.54) is 25.1 Å². The molecule has 0 saturated heterocycles. The van der Waals surface area contributed by atoms with Crippen LogP contribution in [0.1, 0.15) is 40.9 Å². The van der Waals surface area contributed by atoms with Crippen LogP contribution in [0.4, 0.5) is 19.0 Å². The van der Waals surface area contributed by atoms with Gasteiger partial charge in [-0.1, -0.05) is 18.1 Å². The van der Waals surface area contributed by atoms with Gasteiger partial charge in [-0.2, -0.15) is 18.3 Å². The van der Waals surface area contributed by atoms with Gasteiger partial charge in [-0.25, -0.2) is 9.48 Å². The van der Waals surface area contributed by atoms with Crippen molar-refractivity contribution in [2.75, 3.05) is 5.32 Å². The quantitative estimate of drug-likeness (QED) is 0.556. The SMILES string of the molecule is CCC(OC(=O)c1nn(-c2cccc(C(F)(F)F)c2)c(C)cc1=O)C(=O)Nc1cc(C)on1. The summed E-state index contributed by atoms with van der Waals surface area (Å²) in [5.74, 6) is -1.33. The van der Waals surface area contributed by atoms with Crippen molar-refractivity contribution >= 4 is 17.7 Å². The van der Waals surface area contributed by atoms with Crippen LogP contribution < -0.4 is 10.7 Å². The number of anilines is 1. The fourth-order valence-electron chi connectivity index (χ4n) is 2.90. The minimum atomic E-state index is -4.59. The highest BCUT2D eigenvalue weighted by Crippen LogP contribution is 2.30. The number of carbonyl (C=O) groups excluding carboxylic acids is 2. The Labute approximate surface area is 185 Å². The number of ether oxygens (including phenoxy) is 1. The lowest BCUT2D eigenvalue weighted by Crippen LogP contribution is -2.34. The zero-order chi connectivity index (χ0) is 24.3. The number of aryl methyl sites for hydroxylation is 2. The number of amides is 1. The van der Waals surface area contributed by atoms with E-state index < -0.39 is 40.8 Å². The Morgan fingerprint density at radius 3 is 2.55 bits per heavy atom. The molecule has 1 unspecified atom stereocenters. The van der Waals surface area contributed by atoms with Gasteiger partial charge in [0.25, 0.3) is 5.91 Å². The van der Waals surface area contributed by atoms with Gasteiger partial charge in [0.1, 0.15) is 5.76 Å². The molecule has 0 radical (unpaired) electrons. The maximum absolute atomic E-state index is 13.1. The highest BCUT2D eigenvalue weighted by atomic mass is 19.4. The normalized spacial score (nSPS) is 12.3. The molecule has 9 nitrogen and oxygen atoms in total. The summed E-state index contributed by atoms with van der Waals surface area (Å²) in [5.41, 5.74) is -2.22. The van der Waals surface area contributed by atoms with Gasteiger partial charge in [-0.05, 0) is 38.5 Å². The van der Waals surface area contributed by atoms with Crippen molar-refractivity contribution in [3.8, 4) is 5.69 Å². The van der Waals surface area contributed by atoms with Crippen molar-refractivity contribution in [3.05, 3.63) is 69.3 Å². The third-order valence-electron chi connectivity index (χ3n) is 4.51. The predicted molar refractivity (Wildman–Crippen MR) is 109 cm³/mol. The minimum absolute atomic E-state index is 0.0115. The van der Waals surface area contributed by atoms with E-state index in [0.29, 0.717) is 5.76 Å². The summed E-state index contributed by atoms with van der Waals surface area (Å²) in [6, 6.07) is 6.75. The van der Waals surface area contributed by atoms with Crippen LogP contribution in [0, 0.1) is 13.8 Å². The molecule has 0 saturated carbocycles. The summed E-state index contributed by atoms with van der Waals surface area (Å²) in [4.78, 5) is 37.4. The van der Waals surface area contributed by atoms with Crippen LogP contribution in [-0.2, 0) is 15.7 Å². The van der Waals surface area contributed by atoms with Gasteiger partial charge in [0.15, 0.2) is 11.9 Å². The molecule has 0 aliphatic rings. The molecule has 1 amide bonds. The monoisotopic (exact) mass is 464 g/mol. The average molecular weight is 464 g/mol. The summed E-state index contributed by atoms with van der Waals surface area (Å²) < 4.78 is 50.2. The number of halogens is 3. The largest absolute Gasteiger partial charge is 0.447 e. The first-order chi connectivity index (χ1) is 15.5. The number of aromatic nitrogens is 3. The van der Waals surface area contributed by atoms with Gasteiger partial charge in [-0.15, -0.1) is 0 Å². The molecule has 1 atom stereocenters. The molecule has 2 heterocycles. The molecule has 0 fully saturated rings. The van der Waals surface area contributed by atoms with E-state index >= 15 is 0 Å². The van der Waals surface area contributed by atoms with Crippen molar-refractivity contribution in [2.24, 2.45) is 0 Å². The van der Waals surface area contributed by atoms with Crippen LogP contribution in [0.2, 0.25) is 0 Å². The number of alkyl halides is 3. The number of carbonyl (C=O) groups is 2. The third-order valence-corrected chi connectivity index (χ3v) is 4.51. The number of nitrogens with one attached hydrogen (secondary N) is 1. The third kappa shape index (κ3) is 5.45. The number of esters is 1. The molecule has 3 aromatic rings. The fraction of sp³-hybridized carbons (Fsp3) is 0.286. The van der Waals surface area contributed by atoms with Gasteiger partial charge in [0, 0.05) is 17.8 Å². The number of hydrogen-bond acceptors (Lipinski definition) is 7. The molecule has 174 valence electrons. The Balaban J connectivity index is 1.87. The first kappa shape index (κ1) is 23.7. The molecule has 0 bridgehead atoms. The summed E-state index contributed by atoms with van der Waals surface area (Å²) in [7, 11) is 0. The van der Waals surface area contributed by atoms with Crippen molar-refractivity contribution in [3.63, 3.8) is 0 Å². The highest BCUT2D eigenvalue weighted by molar-refractivity contribution is 5.96. The first-order valence-electron chi connectivity index (χ1n) is 9.73. The average Bonchev–Trinajstić information content (AvgIpc) is 3.15. The van der Waals surface area contributed by atoms with E-state index in [1.54, 1.807) is 13.8 Å². The predicted octanol–water partition coefficient (Wildman–Crippen LogP) is 3.43. The molecule has 3 rings (SSSR count). The summed E-state index contributed by atoms with van der Waals surface area (Å²) >= 11 is 0. The van der Waals surface area contributed by atoms with Crippen molar-refractivity contribution in [2.45, 2.75) is 39.5 Å². The van der Waals surface area contributed by atoms with E-state index in [2.05, 4.69) is 15.6 Å². The molecule has 1 N–H and O–H groups in total. The molecule has 0 aliphatic carbocycles. The molecule has 0 spiro atoms. The molecule has 12 heteroatoms. The highest BCUT2D eigenvalue weighted by Gasteiger charge is 2.31. The Kier molecular flexibility index (Phi) is 6.65. The van der Waals surface area contributed by atoms with E-state index in [1.807, 2.05) is 0 Å². The Morgan fingerprint density at radius 2 is 1.94 bits per heavy atom. The lowest BCUT2D eigenvalue weighted by molar-refractivity contribution is -0.137. The van der Waals surface area contributed by atoms with E-state index in [-0.39, 0.29) is 23.6 Å². The lowest BCUT2D eigenvalue weighted by atomic mass is 10.2. The fourth-order valence-corrected chi connectivity index (χ4v) is 2.90. The number of rotatable bonds is 6. The van der Waals surface area contributed by atoms with Gasteiger partial charge in [-0.3, -0.25) is 9.59 Å². The van der Waals surface area contributed by atoms with Crippen LogP contribution in [-0.4, -0.2) is 32.9 Å². The first-order valence-corrected chi connectivity index (χ1v) is 9.73. The Bertz CT molecular complexity index is 1250. The van der Waals surface area contributed by atoms with Crippen molar-refractivity contribution < 1.29 is 32.0 Å². The zero-order valence-electron chi connectivity index (χ0n) is 17.8. The van der Waals surface area contributed by atoms with Gasteiger partial charge >= 0.3 is 12.1 Å². The zero-order valence-corrected chi connectivity index (χ0v) is 17.8. The second-order valence-electron chi connectivity index (χ2n) is 7.07. The minimum Gasteiger partial charge on any atom is -0.447 e. The molecule has 33 heavy (non-hydrogen) atoms. The van der Waals surface area contributed by atoms with Crippen LogP contribution in [0.15, 0.2) is 45.7 Å². The Hall–Kier alpha value is -3.96. The molecular formula is C21H19F3N4O5. The smallest absolute Gasteiger partial charge is 0.416 e. The second-order valence-corrected chi connectivity index (χ2v) is 7.07. The topological polar surface area (TPSA) is 116 Å². The van der Waals surface area contributed by atoms with Gasteiger partial charge in [0.2, 0.25) is 11.1 Å². The maximum atomic E-state index is 13.1. The van der Waals surface area contributed by atoms with Crippen molar-refractivity contribution in [1.82, 2.24) is 14.9 Å². The van der Waals surface area contributed by atoms with Gasteiger partial charge < -0.3 is 14.6 Å². The van der Waals surface area contributed by atoms with Gasteiger partial charge in [0.05, 0.1) is 11.3 Å². The number of benzene rings is 1. The van der Waals surface area contributed by atoms with E-state index in [9.17, 15) is 27.6 Å².